The van der Waals surface area contributed by atoms with Gasteiger partial charge in [0.2, 0.25) is 0 Å². The molecule has 7 aromatic rings. The molecule has 1 heterocycles. The minimum absolute atomic E-state index is 0.0813. The number of benzene rings is 7. The molecule has 0 saturated carbocycles. The molecule has 2 aliphatic carbocycles. The van der Waals surface area contributed by atoms with E-state index in [4.69, 9.17) is 4.74 Å². The molecule has 325 valence electrons. The second kappa shape index (κ2) is 17.7. The number of rotatable bonds is 9. The topological polar surface area (TPSA) is 9.23 Å². The van der Waals surface area contributed by atoms with Crippen LogP contribution in [0.25, 0.3) is 45.5 Å². The Morgan fingerprint density at radius 2 is 0.955 bits per heavy atom. The van der Waals surface area contributed by atoms with E-state index in [-0.39, 0.29) is 10.8 Å². The van der Waals surface area contributed by atoms with Gasteiger partial charge in [0.05, 0.1) is 0 Å². The Labute approximate surface area is 402 Å². The summed E-state index contributed by atoms with van der Waals surface area (Å²) in [5.74, 6) is 0. The molecule has 3 aliphatic rings. The van der Waals surface area contributed by atoms with Gasteiger partial charge in [0, 0.05) is 5.41 Å². The molecular weight excluding hydrogens is 994 g/mol. The minimum atomic E-state index is -2.44. The van der Waals surface area contributed by atoms with Crippen molar-refractivity contribution in [1.29, 1.82) is 0 Å². The predicted molar refractivity (Wildman–Crippen MR) is 279 cm³/mol. The molecule has 0 aromatic heterocycles. The number of allylic oxidation sites excluding steroid dienone is 6. The summed E-state index contributed by atoms with van der Waals surface area (Å²) in [6.45, 7) is 15.0. The number of hydrogen-bond donors (Lipinski definition) is 0. The van der Waals surface area contributed by atoms with Crippen LogP contribution in [-0.4, -0.2) is 13.2 Å². The van der Waals surface area contributed by atoms with E-state index in [9.17, 15) is 0 Å². The fraction of sp³-hybridized carbons (Fsp3) is 0.159. The first-order chi connectivity index (χ1) is 32.1. The van der Waals surface area contributed by atoms with Crippen LogP contribution in [0.15, 0.2) is 210 Å². The molecule has 10 rings (SSSR count). The van der Waals surface area contributed by atoms with Crippen LogP contribution in [0.2, 0.25) is 0 Å². The van der Waals surface area contributed by atoms with Crippen LogP contribution in [0.4, 0.5) is 0 Å². The number of ether oxygens (including phenoxy) is 1. The van der Waals surface area contributed by atoms with Crippen LogP contribution in [0.3, 0.4) is 0 Å². The van der Waals surface area contributed by atoms with Gasteiger partial charge in [0.1, 0.15) is 0 Å². The zero-order valence-electron chi connectivity index (χ0n) is 38.7. The van der Waals surface area contributed by atoms with Gasteiger partial charge in [0.15, 0.2) is 0 Å². The standard InChI is InChI=1S/C63H55OP.Os/c1-8-19-44-27-32-54-56-34-30-48(39-60(56)62(4,5)58(54)36-44)49-31-35-57-55-33-28-45(37-59(55)63(6,7)61(57)40-49)26-29-47(38-50-42-64-41-46(50)9-2)43(3)65(51-20-13-10-14-21-51,52-22-15-11-16-23-52)53-24-17-12-18-25-53;/h8-40H,41-42H2,1-2,4-7H3;/q+1;/b19-8+,29-26+,46-9?,47-43?,50-38?;. The fourth-order valence-electron chi connectivity index (χ4n) is 10.8. The summed E-state index contributed by atoms with van der Waals surface area (Å²) in [4.78, 5) is 0. The van der Waals surface area contributed by atoms with E-state index in [0.29, 0.717) is 13.2 Å². The maximum absolute atomic E-state index is 6.08. The van der Waals surface area contributed by atoms with Gasteiger partial charge < -0.3 is 0 Å². The van der Waals surface area contributed by atoms with Crippen LogP contribution >= 0.6 is 7.26 Å². The summed E-state index contributed by atoms with van der Waals surface area (Å²) >= 11 is 1.83. The quantitative estimate of drug-likeness (QED) is 0.103. The first kappa shape index (κ1) is 43.9. The third kappa shape index (κ3) is 7.37. The summed E-state index contributed by atoms with van der Waals surface area (Å²) in [5.41, 5.74) is 19.2. The van der Waals surface area contributed by atoms with Gasteiger partial charge in [-0.05, 0) is 46.4 Å². The summed E-state index contributed by atoms with van der Waals surface area (Å²) in [6.07, 6.45) is 13.6. The summed E-state index contributed by atoms with van der Waals surface area (Å²) in [6, 6.07) is 61.6. The van der Waals surface area contributed by atoms with Crippen LogP contribution in [-0.2, 0) is 33.5 Å². The van der Waals surface area contributed by atoms with Gasteiger partial charge in [-0.25, -0.2) is 0 Å². The van der Waals surface area contributed by atoms with Gasteiger partial charge in [0.25, 0.3) is 0 Å². The van der Waals surface area contributed by atoms with Gasteiger partial charge in [-0.1, -0.05) is 56.3 Å². The molecule has 7 aromatic carbocycles. The van der Waals surface area contributed by atoms with Crippen molar-refractivity contribution in [1.82, 2.24) is 0 Å². The Morgan fingerprint density at radius 3 is 1.39 bits per heavy atom. The molecule has 0 N–H and O–H groups in total. The molecular formula is C63H55OOsP+. The Morgan fingerprint density at radius 1 is 0.530 bits per heavy atom. The van der Waals surface area contributed by atoms with Gasteiger partial charge in [-0.2, -0.15) is 0 Å². The van der Waals surface area contributed by atoms with Gasteiger partial charge in [-0.15, -0.1) is 0 Å². The zero-order chi connectivity index (χ0) is 45.6. The van der Waals surface area contributed by atoms with Crippen molar-refractivity contribution in [3.8, 4) is 37.8 Å². The SMILES string of the molecule is CC=C1COCC1=CC(/C=C/c1ccc2c(c1)C(C)(C)c1cc(-c3ccc4c(c3)C(C)(C)c3cc(/C=C/C)ccc3-4)ccc1-2)=C([C]#[Os])[P+](c1ccccc1)(c1ccccc1)c1ccccc1. The van der Waals surface area contributed by atoms with Gasteiger partial charge in [-0.3, -0.25) is 0 Å². The second-order valence-electron chi connectivity index (χ2n) is 18.8. The Kier molecular flexibility index (Phi) is 11.8. The van der Waals surface area contributed by atoms with Crippen molar-refractivity contribution < 1.29 is 22.7 Å². The van der Waals surface area contributed by atoms with Crippen molar-refractivity contribution in [3.63, 3.8) is 0 Å². The molecule has 1 fully saturated rings. The van der Waals surface area contributed by atoms with Crippen LogP contribution in [0, 0.1) is 4.37 Å². The Bertz CT molecular complexity index is 3130. The van der Waals surface area contributed by atoms with E-state index in [1.807, 2.05) is 17.9 Å². The number of hydrogen-bond acceptors (Lipinski definition) is 1. The van der Waals surface area contributed by atoms with E-state index in [0.717, 1.165) is 5.57 Å². The van der Waals surface area contributed by atoms with E-state index in [2.05, 4.69) is 246 Å². The molecule has 1 saturated heterocycles. The molecule has 0 bridgehead atoms. The van der Waals surface area contributed by atoms with Crippen molar-refractivity contribution in [2.75, 3.05) is 13.2 Å². The molecule has 0 unspecified atom stereocenters. The molecule has 1 aliphatic heterocycles. The monoisotopic (exact) mass is 1050 g/mol. The van der Waals surface area contributed by atoms with Crippen molar-refractivity contribution in [2.24, 2.45) is 0 Å². The van der Waals surface area contributed by atoms with E-state index in [1.54, 1.807) is 0 Å². The third-order valence-corrected chi connectivity index (χ3v) is 19.7. The van der Waals surface area contributed by atoms with Crippen LogP contribution in [0.5, 0.6) is 0 Å². The second-order valence-corrected chi connectivity index (χ2v) is 22.7. The fourth-order valence-corrected chi connectivity index (χ4v) is 16.6. The van der Waals surface area contributed by atoms with Crippen molar-refractivity contribution in [3.05, 3.63) is 244 Å². The third-order valence-electron chi connectivity index (χ3n) is 14.3. The molecule has 1 nitrogen and oxygen atoms in total. The summed E-state index contributed by atoms with van der Waals surface area (Å²) < 4.78 is 9.97. The average molecular weight is 1050 g/mol. The Hall–Kier alpha value is -5.95. The molecule has 0 radical (unpaired) electrons. The van der Waals surface area contributed by atoms with Gasteiger partial charge >= 0.3 is 297 Å². The first-order valence-electron chi connectivity index (χ1n) is 23.1. The molecule has 3 heteroatoms. The van der Waals surface area contributed by atoms with E-state index in [1.165, 1.54) is 99.1 Å². The maximum atomic E-state index is 6.08. The van der Waals surface area contributed by atoms with Crippen molar-refractivity contribution >= 4 is 35.3 Å². The van der Waals surface area contributed by atoms with Crippen molar-refractivity contribution in [2.45, 2.75) is 52.4 Å². The van der Waals surface area contributed by atoms with Crippen LogP contribution in [0.1, 0.15) is 74.9 Å². The summed E-state index contributed by atoms with van der Waals surface area (Å²) in [5, 5.41) is 5.13. The average Bonchev–Trinajstić information content (AvgIpc) is 3.97. The Balaban J connectivity index is 1.07. The van der Waals surface area contributed by atoms with Crippen LogP contribution < -0.4 is 15.9 Å². The predicted octanol–water partition coefficient (Wildman–Crippen LogP) is 14.7. The molecule has 0 amide bonds. The number of fused-ring (bicyclic) bond motifs is 6. The zero-order valence-corrected chi connectivity index (χ0v) is 42.1. The van der Waals surface area contributed by atoms with E-state index < -0.39 is 7.26 Å². The normalized spacial score (nSPS) is 17.2. The first-order valence-corrected chi connectivity index (χ1v) is 26.2. The molecule has 0 atom stereocenters. The summed E-state index contributed by atoms with van der Waals surface area (Å²) in [7, 11) is -2.44. The molecule has 0 spiro atoms. The van der Waals surface area contributed by atoms with E-state index >= 15 is 0 Å². The molecule has 66 heavy (non-hydrogen) atoms.